The van der Waals surface area contributed by atoms with Gasteiger partial charge < -0.3 is 14.2 Å². The smallest absolute Gasteiger partial charge is 0.361 e. The number of hydrogen-bond acceptors (Lipinski definition) is 6. The molecule has 7 heteroatoms. The van der Waals surface area contributed by atoms with Crippen LogP contribution in [0.3, 0.4) is 0 Å². The highest BCUT2D eigenvalue weighted by atomic mass is 16.5. The third-order valence-electron chi connectivity index (χ3n) is 4.05. The van der Waals surface area contributed by atoms with Crippen molar-refractivity contribution in [3.63, 3.8) is 0 Å². The maximum Gasteiger partial charge on any atom is 0.361 e. The number of benzene rings is 1. The van der Waals surface area contributed by atoms with Crippen molar-refractivity contribution in [3.05, 3.63) is 23.9 Å². The topological polar surface area (TPSA) is 86.3 Å². The highest BCUT2D eigenvalue weighted by Crippen LogP contribution is 2.35. The molecule has 0 radical (unpaired) electrons. The Morgan fingerprint density at radius 3 is 2.75 bits per heavy atom. The van der Waals surface area contributed by atoms with Crippen LogP contribution in [0.1, 0.15) is 43.1 Å². The molecule has 0 spiro atoms. The maximum atomic E-state index is 12.0. The number of aromatic amines is 1. The zero-order chi connectivity index (χ0) is 16.9. The van der Waals surface area contributed by atoms with E-state index in [4.69, 9.17) is 14.2 Å². The molecular formula is C17H21N3O4. The van der Waals surface area contributed by atoms with Gasteiger partial charge in [0.05, 0.1) is 19.8 Å². The van der Waals surface area contributed by atoms with E-state index >= 15 is 0 Å². The highest BCUT2D eigenvalue weighted by molar-refractivity contribution is 5.94. The third-order valence-corrected chi connectivity index (χ3v) is 4.05. The Balaban J connectivity index is 1.91. The second-order valence-electron chi connectivity index (χ2n) is 5.63. The normalized spacial score (nSPS) is 14.6. The minimum absolute atomic E-state index is 0.161. The summed E-state index contributed by atoms with van der Waals surface area (Å²) in [5, 5.41) is 10.5. The van der Waals surface area contributed by atoms with Crippen molar-refractivity contribution in [1.82, 2.24) is 15.4 Å². The SMILES string of the molecule is CCOC(=O)c1n[nH]nc1-c1ccc(OC)c(OC2CCCC2)c1. The number of esters is 1. The number of carbonyl (C=O) groups excluding carboxylic acids is 1. The number of nitrogens with zero attached hydrogens (tertiary/aromatic N) is 2. The largest absolute Gasteiger partial charge is 0.493 e. The molecule has 0 aliphatic heterocycles. The average Bonchev–Trinajstić information content (AvgIpc) is 3.26. The van der Waals surface area contributed by atoms with Crippen LogP contribution in [0.2, 0.25) is 0 Å². The number of H-pyrrole nitrogens is 1. The van der Waals surface area contributed by atoms with Crippen molar-refractivity contribution < 1.29 is 19.0 Å². The van der Waals surface area contributed by atoms with E-state index < -0.39 is 5.97 Å². The highest BCUT2D eigenvalue weighted by Gasteiger charge is 2.22. The van der Waals surface area contributed by atoms with Crippen LogP contribution >= 0.6 is 0 Å². The predicted octanol–water partition coefficient (Wildman–Crippen LogP) is 2.98. The summed E-state index contributed by atoms with van der Waals surface area (Å²) in [6.45, 7) is 2.03. The van der Waals surface area contributed by atoms with Gasteiger partial charge in [-0.1, -0.05) is 0 Å². The van der Waals surface area contributed by atoms with Gasteiger partial charge in [0, 0.05) is 5.56 Å². The number of rotatable bonds is 6. The van der Waals surface area contributed by atoms with Crippen molar-refractivity contribution >= 4 is 5.97 Å². The Hall–Kier alpha value is -2.57. The van der Waals surface area contributed by atoms with Gasteiger partial charge in [0.1, 0.15) is 5.69 Å². The fourth-order valence-electron chi connectivity index (χ4n) is 2.88. The van der Waals surface area contributed by atoms with E-state index in [2.05, 4.69) is 15.4 Å². The van der Waals surface area contributed by atoms with Gasteiger partial charge in [-0.3, -0.25) is 0 Å². The minimum atomic E-state index is -0.504. The van der Waals surface area contributed by atoms with Crippen molar-refractivity contribution in [2.45, 2.75) is 38.7 Å². The molecule has 1 aliphatic carbocycles. The molecule has 0 unspecified atom stereocenters. The van der Waals surface area contributed by atoms with E-state index in [0.29, 0.717) is 17.2 Å². The molecule has 0 amide bonds. The molecular weight excluding hydrogens is 310 g/mol. The zero-order valence-corrected chi connectivity index (χ0v) is 13.9. The lowest BCUT2D eigenvalue weighted by molar-refractivity contribution is 0.0520. The summed E-state index contributed by atoms with van der Waals surface area (Å²) in [6.07, 6.45) is 4.67. The lowest BCUT2D eigenvalue weighted by Gasteiger charge is -2.16. The number of ether oxygens (including phenoxy) is 3. The number of carbonyl (C=O) groups is 1. The Bertz CT molecular complexity index is 708. The van der Waals surface area contributed by atoms with E-state index in [1.165, 1.54) is 12.8 Å². The Morgan fingerprint density at radius 1 is 1.25 bits per heavy atom. The zero-order valence-electron chi connectivity index (χ0n) is 13.9. The van der Waals surface area contributed by atoms with Crippen LogP contribution in [0.25, 0.3) is 11.3 Å². The molecule has 1 N–H and O–H groups in total. The first-order valence-electron chi connectivity index (χ1n) is 8.16. The molecule has 1 aromatic heterocycles. The predicted molar refractivity (Wildman–Crippen MR) is 87.2 cm³/mol. The van der Waals surface area contributed by atoms with E-state index in [1.807, 2.05) is 18.2 Å². The van der Waals surface area contributed by atoms with Crippen LogP contribution in [0.5, 0.6) is 11.5 Å². The van der Waals surface area contributed by atoms with Crippen molar-refractivity contribution in [2.75, 3.05) is 13.7 Å². The van der Waals surface area contributed by atoms with E-state index in [1.54, 1.807) is 14.0 Å². The molecule has 128 valence electrons. The minimum Gasteiger partial charge on any atom is -0.493 e. The summed E-state index contributed by atoms with van der Waals surface area (Å²) < 4.78 is 16.5. The summed E-state index contributed by atoms with van der Waals surface area (Å²) in [7, 11) is 1.61. The first kappa shape index (κ1) is 16.3. The van der Waals surface area contributed by atoms with Gasteiger partial charge in [0.15, 0.2) is 17.2 Å². The van der Waals surface area contributed by atoms with Crippen LogP contribution in [-0.2, 0) is 4.74 Å². The lowest BCUT2D eigenvalue weighted by Crippen LogP contribution is -2.11. The van der Waals surface area contributed by atoms with E-state index in [9.17, 15) is 4.79 Å². The van der Waals surface area contributed by atoms with Crippen molar-refractivity contribution in [2.24, 2.45) is 0 Å². The van der Waals surface area contributed by atoms with Gasteiger partial charge in [-0.2, -0.15) is 10.3 Å². The van der Waals surface area contributed by atoms with Gasteiger partial charge in [-0.25, -0.2) is 4.79 Å². The Labute approximate surface area is 140 Å². The van der Waals surface area contributed by atoms with Gasteiger partial charge in [-0.15, -0.1) is 5.10 Å². The molecule has 2 aromatic rings. The van der Waals surface area contributed by atoms with Crippen LogP contribution in [0.15, 0.2) is 18.2 Å². The van der Waals surface area contributed by atoms with Crippen LogP contribution in [-0.4, -0.2) is 41.2 Å². The first-order valence-corrected chi connectivity index (χ1v) is 8.16. The third kappa shape index (κ3) is 3.34. The first-order chi connectivity index (χ1) is 11.7. The fourth-order valence-corrected chi connectivity index (χ4v) is 2.88. The Kier molecular flexibility index (Phi) is 4.98. The molecule has 1 fully saturated rings. The molecule has 3 rings (SSSR count). The summed E-state index contributed by atoms with van der Waals surface area (Å²) in [5.41, 5.74) is 1.32. The quantitative estimate of drug-likeness (QED) is 0.819. The second-order valence-corrected chi connectivity index (χ2v) is 5.63. The number of hydrogen-bond donors (Lipinski definition) is 1. The van der Waals surface area contributed by atoms with Gasteiger partial charge >= 0.3 is 5.97 Å². The molecule has 24 heavy (non-hydrogen) atoms. The van der Waals surface area contributed by atoms with Gasteiger partial charge in [-0.05, 0) is 50.8 Å². The summed E-state index contributed by atoms with van der Waals surface area (Å²) >= 11 is 0. The molecule has 1 aromatic carbocycles. The molecule has 0 atom stereocenters. The van der Waals surface area contributed by atoms with Gasteiger partial charge in [0.25, 0.3) is 0 Å². The monoisotopic (exact) mass is 331 g/mol. The maximum absolute atomic E-state index is 12.0. The fraction of sp³-hybridized carbons (Fsp3) is 0.471. The number of methoxy groups -OCH3 is 1. The number of nitrogens with one attached hydrogen (secondary N) is 1. The molecule has 1 heterocycles. The molecule has 7 nitrogen and oxygen atoms in total. The Morgan fingerprint density at radius 2 is 2.04 bits per heavy atom. The molecule has 1 aliphatic rings. The number of aromatic nitrogens is 3. The van der Waals surface area contributed by atoms with Crippen LogP contribution in [0.4, 0.5) is 0 Å². The van der Waals surface area contributed by atoms with Crippen molar-refractivity contribution in [1.29, 1.82) is 0 Å². The van der Waals surface area contributed by atoms with Crippen LogP contribution < -0.4 is 9.47 Å². The summed E-state index contributed by atoms with van der Waals surface area (Å²) in [6, 6.07) is 5.46. The second kappa shape index (κ2) is 7.33. The van der Waals surface area contributed by atoms with Crippen molar-refractivity contribution in [3.8, 4) is 22.8 Å². The van der Waals surface area contributed by atoms with Crippen LogP contribution in [0, 0.1) is 0 Å². The standard InChI is InChI=1S/C17H21N3O4/c1-3-23-17(21)16-15(18-20-19-16)11-8-9-13(22-2)14(10-11)24-12-6-4-5-7-12/h8-10,12H,3-7H2,1-2H3,(H,18,19,20). The van der Waals surface area contributed by atoms with Gasteiger partial charge in [0.2, 0.25) is 0 Å². The van der Waals surface area contributed by atoms with E-state index in [0.717, 1.165) is 18.4 Å². The summed E-state index contributed by atoms with van der Waals surface area (Å²) in [4.78, 5) is 12.0. The average molecular weight is 331 g/mol. The molecule has 0 bridgehead atoms. The molecule has 0 saturated heterocycles. The van der Waals surface area contributed by atoms with E-state index in [-0.39, 0.29) is 18.4 Å². The summed E-state index contributed by atoms with van der Waals surface area (Å²) in [5.74, 6) is 0.807. The molecule has 1 saturated carbocycles. The lowest BCUT2D eigenvalue weighted by atomic mass is 10.1.